The second-order valence-corrected chi connectivity index (χ2v) is 11.9. The quantitative estimate of drug-likeness (QED) is 0.496. The SMILES string of the molecule is CC(=O)N1CCCN(Cc2cccnc2)CCN(C(=O)Cc2csc(NS(C)(=O)=O)n2)Cc2ccccc21. The molecule has 2 aromatic heterocycles. The van der Waals surface area contributed by atoms with Crippen molar-refractivity contribution in [1.29, 1.82) is 0 Å². The molecule has 202 valence electrons. The number of para-hydroxylation sites is 1. The Morgan fingerprint density at radius 1 is 1.08 bits per heavy atom. The number of fused-ring (bicyclic) bond motifs is 1. The van der Waals surface area contributed by atoms with Gasteiger partial charge >= 0.3 is 0 Å². The minimum Gasteiger partial charge on any atom is -0.337 e. The molecule has 3 heterocycles. The Balaban J connectivity index is 1.58. The molecular weight excluding hydrogens is 524 g/mol. The zero-order chi connectivity index (χ0) is 27.1. The first-order chi connectivity index (χ1) is 18.2. The van der Waals surface area contributed by atoms with Gasteiger partial charge in [0.05, 0.1) is 18.4 Å². The number of pyridine rings is 1. The number of thiazole rings is 1. The van der Waals surface area contributed by atoms with Crippen molar-refractivity contribution in [3.63, 3.8) is 0 Å². The largest absolute Gasteiger partial charge is 0.337 e. The van der Waals surface area contributed by atoms with E-state index in [2.05, 4.69) is 19.6 Å². The summed E-state index contributed by atoms with van der Waals surface area (Å²) in [4.78, 5) is 40.5. The lowest BCUT2D eigenvalue weighted by Gasteiger charge is -2.28. The van der Waals surface area contributed by atoms with Crippen molar-refractivity contribution in [2.75, 3.05) is 42.1 Å². The number of aromatic nitrogens is 2. The van der Waals surface area contributed by atoms with Crippen LogP contribution in [0.2, 0.25) is 0 Å². The van der Waals surface area contributed by atoms with Crippen LogP contribution in [0.5, 0.6) is 0 Å². The highest BCUT2D eigenvalue weighted by molar-refractivity contribution is 7.92. The van der Waals surface area contributed by atoms with Crippen LogP contribution in [0.15, 0.2) is 54.2 Å². The number of sulfonamides is 1. The number of amides is 2. The van der Waals surface area contributed by atoms with Gasteiger partial charge in [0.15, 0.2) is 5.13 Å². The highest BCUT2D eigenvalue weighted by Gasteiger charge is 2.23. The number of benzene rings is 1. The summed E-state index contributed by atoms with van der Waals surface area (Å²) in [5.41, 5.74) is 3.30. The van der Waals surface area contributed by atoms with Crippen molar-refractivity contribution in [2.45, 2.75) is 32.9 Å². The molecule has 1 aromatic carbocycles. The fourth-order valence-electron chi connectivity index (χ4n) is 4.45. The van der Waals surface area contributed by atoms with Crippen LogP contribution in [0.3, 0.4) is 0 Å². The van der Waals surface area contributed by atoms with Crippen LogP contribution in [0.25, 0.3) is 0 Å². The molecule has 0 saturated carbocycles. The Hall–Kier alpha value is -3.35. The molecule has 12 heteroatoms. The van der Waals surface area contributed by atoms with E-state index >= 15 is 0 Å². The molecule has 0 spiro atoms. The fourth-order valence-corrected chi connectivity index (χ4v) is 6.01. The van der Waals surface area contributed by atoms with Gasteiger partial charge in [0.25, 0.3) is 0 Å². The van der Waals surface area contributed by atoms with Gasteiger partial charge in [-0.3, -0.25) is 24.2 Å². The number of anilines is 2. The molecule has 0 bridgehead atoms. The van der Waals surface area contributed by atoms with Gasteiger partial charge in [-0.05, 0) is 29.7 Å². The minimum absolute atomic E-state index is 0.0400. The summed E-state index contributed by atoms with van der Waals surface area (Å²) in [6, 6.07) is 11.6. The van der Waals surface area contributed by atoms with E-state index in [-0.39, 0.29) is 23.4 Å². The van der Waals surface area contributed by atoms with E-state index in [4.69, 9.17) is 0 Å². The highest BCUT2D eigenvalue weighted by atomic mass is 32.2. The Labute approximate surface area is 227 Å². The van der Waals surface area contributed by atoms with Gasteiger partial charge in [0.2, 0.25) is 21.8 Å². The number of nitrogens with zero attached hydrogens (tertiary/aromatic N) is 5. The first-order valence-corrected chi connectivity index (χ1v) is 15.1. The molecule has 4 rings (SSSR count). The van der Waals surface area contributed by atoms with Crippen LogP contribution in [0, 0.1) is 0 Å². The van der Waals surface area contributed by atoms with Crippen molar-refractivity contribution in [2.24, 2.45) is 0 Å². The maximum absolute atomic E-state index is 13.5. The molecule has 0 saturated heterocycles. The van der Waals surface area contributed by atoms with Crippen LogP contribution in [-0.4, -0.2) is 72.4 Å². The number of carbonyl (C=O) groups is 2. The molecule has 38 heavy (non-hydrogen) atoms. The Bertz CT molecular complexity index is 1360. The van der Waals surface area contributed by atoms with Gasteiger partial charge in [0, 0.05) is 69.7 Å². The van der Waals surface area contributed by atoms with E-state index in [1.165, 1.54) is 0 Å². The maximum Gasteiger partial charge on any atom is 0.231 e. The summed E-state index contributed by atoms with van der Waals surface area (Å²) in [7, 11) is -3.45. The van der Waals surface area contributed by atoms with Crippen molar-refractivity contribution in [1.82, 2.24) is 19.8 Å². The number of hydrogen-bond acceptors (Lipinski definition) is 8. The third kappa shape index (κ3) is 7.83. The van der Waals surface area contributed by atoms with E-state index in [0.29, 0.717) is 38.4 Å². The monoisotopic (exact) mass is 556 g/mol. The smallest absolute Gasteiger partial charge is 0.231 e. The predicted octanol–water partition coefficient (Wildman–Crippen LogP) is 2.74. The molecule has 1 aliphatic rings. The van der Waals surface area contributed by atoms with E-state index < -0.39 is 10.0 Å². The standard InChI is InChI=1S/C26H32N6O4S2/c1-20(33)32-12-6-11-30(17-21-7-5-10-27-16-21)13-14-31(18-22-8-3-4-9-24(22)32)25(34)15-23-19-37-26(28-23)29-38(2,35)36/h3-5,7-10,16,19H,6,11-15,17-18H2,1-2H3,(H,28,29). The summed E-state index contributed by atoms with van der Waals surface area (Å²) in [5, 5.41) is 1.93. The van der Waals surface area contributed by atoms with E-state index in [1.807, 2.05) is 42.6 Å². The number of hydrogen-bond donors (Lipinski definition) is 1. The van der Waals surface area contributed by atoms with Gasteiger partial charge < -0.3 is 9.80 Å². The molecule has 1 aliphatic heterocycles. The normalized spacial score (nSPS) is 15.4. The average molecular weight is 557 g/mol. The van der Waals surface area contributed by atoms with Crippen LogP contribution in [0.1, 0.15) is 30.2 Å². The topological polar surface area (TPSA) is 116 Å². The zero-order valence-electron chi connectivity index (χ0n) is 21.5. The lowest BCUT2D eigenvalue weighted by atomic mass is 10.1. The molecule has 1 N–H and O–H groups in total. The number of nitrogens with one attached hydrogen (secondary N) is 1. The molecule has 0 radical (unpaired) electrons. The molecule has 2 amide bonds. The average Bonchev–Trinajstić information content (AvgIpc) is 3.28. The predicted molar refractivity (Wildman–Crippen MR) is 148 cm³/mol. The fraction of sp³-hybridized carbons (Fsp3) is 0.385. The Morgan fingerprint density at radius 3 is 2.63 bits per heavy atom. The first kappa shape index (κ1) is 27.7. The van der Waals surface area contributed by atoms with Gasteiger partial charge in [-0.25, -0.2) is 13.4 Å². The second-order valence-electron chi connectivity index (χ2n) is 9.30. The molecule has 0 unspecified atom stereocenters. The summed E-state index contributed by atoms with van der Waals surface area (Å²) in [6.45, 7) is 5.09. The van der Waals surface area contributed by atoms with Crippen molar-refractivity contribution in [3.8, 4) is 0 Å². The van der Waals surface area contributed by atoms with Crippen molar-refractivity contribution < 1.29 is 18.0 Å². The van der Waals surface area contributed by atoms with Gasteiger partial charge in [-0.1, -0.05) is 24.3 Å². The number of rotatable bonds is 6. The summed E-state index contributed by atoms with van der Waals surface area (Å²) in [5.74, 6) is -0.160. The molecule has 10 nitrogen and oxygen atoms in total. The van der Waals surface area contributed by atoms with Crippen LogP contribution >= 0.6 is 11.3 Å². The van der Waals surface area contributed by atoms with Crippen molar-refractivity contribution >= 4 is 44.0 Å². The third-order valence-electron chi connectivity index (χ3n) is 6.20. The minimum atomic E-state index is -3.45. The molecule has 0 atom stereocenters. The molecule has 3 aromatic rings. The summed E-state index contributed by atoms with van der Waals surface area (Å²) >= 11 is 1.14. The van der Waals surface area contributed by atoms with Gasteiger partial charge in [0.1, 0.15) is 0 Å². The van der Waals surface area contributed by atoms with E-state index in [9.17, 15) is 18.0 Å². The highest BCUT2D eigenvalue weighted by Crippen LogP contribution is 2.24. The van der Waals surface area contributed by atoms with Crippen molar-refractivity contribution in [3.05, 3.63) is 71.0 Å². The lowest BCUT2D eigenvalue weighted by molar-refractivity contribution is -0.131. The summed E-state index contributed by atoms with van der Waals surface area (Å²) in [6.07, 6.45) is 5.48. The first-order valence-electron chi connectivity index (χ1n) is 12.3. The van der Waals surface area contributed by atoms with Crippen LogP contribution < -0.4 is 9.62 Å². The van der Waals surface area contributed by atoms with E-state index in [0.717, 1.165) is 47.4 Å². The third-order valence-corrected chi connectivity index (χ3v) is 7.70. The number of carbonyl (C=O) groups excluding carboxylic acids is 2. The summed E-state index contributed by atoms with van der Waals surface area (Å²) < 4.78 is 25.4. The Morgan fingerprint density at radius 2 is 1.89 bits per heavy atom. The lowest BCUT2D eigenvalue weighted by Crippen LogP contribution is -2.39. The van der Waals surface area contributed by atoms with Gasteiger partial charge in [-0.15, -0.1) is 11.3 Å². The maximum atomic E-state index is 13.5. The molecular formula is C26H32N6O4S2. The second kappa shape index (κ2) is 12.5. The van der Waals surface area contributed by atoms with Gasteiger partial charge in [-0.2, -0.15) is 0 Å². The van der Waals surface area contributed by atoms with Crippen LogP contribution in [0.4, 0.5) is 10.8 Å². The molecule has 0 fully saturated rings. The molecule has 0 aliphatic carbocycles. The van der Waals surface area contributed by atoms with Crippen LogP contribution in [-0.2, 0) is 39.1 Å². The van der Waals surface area contributed by atoms with E-state index in [1.54, 1.807) is 28.3 Å². The Kier molecular flexibility index (Phi) is 9.08. The zero-order valence-corrected chi connectivity index (χ0v) is 23.2.